The molecular formula is C16H27NO2. The number of carbonyl (C=O) groups excluding carboxylic acids is 1. The summed E-state index contributed by atoms with van der Waals surface area (Å²) < 4.78 is 0. The van der Waals surface area contributed by atoms with Crippen LogP contribution in [0.5, 0.6) is 0 Å². The van der Waals surface area contributed by atoms with Crippen molar-refractivity contribution >= 4 is 5.91 Å². The van der Waals surface area contributed by atoms with E-state index in [1.165, 1.54) is 12.8 Å². The highest BCUT2D eigenvalue weighted by molar-refractivity contribution is 5.79. The molecule has 3 heteroatoms. The van der Waals surface area contributed by atoms with Crippen molar-refractivity contribution in [3.05, 3.63) is 12.2 Å². The lowest BCUT2D eigenvalue weighted by Gasteiger charge is -2.30. The molecule has 0 aromatic heterocycles. The molecule has 0 spiro atoms. The normalized spacial score (nSPS) is 34.7. The van der Waals surface area contributed by atoms with Gasteiger partial charge in [0.2, 0.25) is 5.91 Å². The van der Waals surface area contributed by atoms with Gasteiger partial charge in [0, 0.05) is 24.5 Å². The van der Waals surface area contributed by atoms with Crippen molar-refractivity contribution in [3.8, 4) is 0 Å². The van der Waals surface area contributed by atoms with Crippen molar-refractivity contribution in [1.82, 2.24) is 5.32 Å². The molecule has 1 fully saturated rings. The number of amides is 1. The SMILES string of the molecule is CC(C)C1CCC(C(=O)N[C@@H]2C=C[C@H](CO)C2)CC1. The number of hydrogen-bond acceptors (Lipinski definition) is 2. The van der Waals surface area contributed by atoms with Crippen LogP contribution in [0.25, 0.3) is 0 Å². The zero-order valence-corrected chi connectivity index (χ0v) is 12.1. The summed E-state index contributed by atoms with van der Waals surface area (Å²) in [6.07, 6.45) is 9.34. The van der Waals surface area contributed by atoms with Crippen molar-refractivity contribution in [2.45, 2.75) is 52.0 Å². The standard InChI is InChI=1S/C16H27NO2/c1-11(2)13-4-6-14(7-5-13)16(19)17-15-8-3-12(9-15)10-18/h3,8,11-15,18H,4-7,9-10H2,1-2H3,(H,17,19)/t12-,13?,14?,15+/m0/s1. The monoisotopic (exact) mass is 265 g/mol. The van der Waals surface area contributed by atoms with Crippen LogP contribution in [0.4, 0.5) is 0 Å². The number of aliphatic hydroxyl groups excluding tert-OH is 1. The maximum atomic E-state index is 12.2. The van der Waals surface area contributed by atoms with Gasteiger partial charge in [-0.05, 0) is 43.9 Å². The first-order valence-electron chi connectivity index (χ1n) is 7.69. The third-order valence-electron chi connectivity index (χ3n) is 4.82. The van der Waals surface area contributed by atoms with E-state index in [0.717, 1.165) is 31.1 Å². The Balaban J connectivity index is 1.75. The maximum absolute atomic E-state index is 12.2. The highest BCUT2D eigenvalue weighted by Crippen LogP contribution is 2.33. The second kappa shape index (κ2) is 6.56. The molecule has 0 unspecified atom stereocenters. The van der Waals surface area contributed by atoms with Crippen molar-refractivity contribution < 1.29 is 9.90 Å². The largest absolute Gasteiger partial charge is 0.396 e. The molecule has 0 aromatic carbocycles. The van der Waals surface area contributed by atoms with Crippen molar-refractivity contribution in [2.75, 3.05) is 6.61 Å². The first-order valence-corrected chi connectivity index (χ1v) is 7.69. The van der Waals surface area contributed by atoms with E-state index in [1.807, 2.05) is 12.2 Å². The first kappa shape index (κ1) is 14.6. The smallest absolute Gasteiger partial charge is 0.223 e. The van der Waals surface area contributed by atoms with Gasteiger partial charge in [-0.3, -0.25) is 4.79 Å². The van der Waals surface area contributed by atoms with Gasteiger partial charge >= 0.3 is 0 Å². The summed E-state index contributed by atoms with van der Waals surface area (Å²) in [5.41, 5.74) is 0. The molecule has 0 aliphatic heterocycles. The van der Waals surface area contributed by atoms with Gasteiger partial charge < -0.3 is 10.4 Å². The predicted molar refractivity (Wildman–Crippen MR) is 76.5 cm³/mol. The molecule has 0 radical (unpaired) electrons. The molecule has 2 atom stereocenters. The molecule has 1 saturated carbocycles. The van der Waals surface area contributed by atoms with E-state index < -0.39 is 0 Å². The molecule has 2 N–H and O–H groups in total. The summed E-state index contributed by atoms with van der Waals surface area (Å²) in [7, 11) is 0. The van der Waals surface area contributed by atoms with Crippen LogP contribution in [0.3, 0.4) is 0 Å². The van der Waals surface area contributed by atoms with Gasteiger partial charge in [-0.2, -0.15) is 0 Å². The number of hydrogen-bond donors (Lipinski definition) is 2. The Hall–Kier alpha value is -0.830. The number of carbonyl (C=O) groups is 1. The highest BCUT2D eigenvalue weighted by atomic mass is 16.3. The van der Waals surface area contributed by atoms with E-state index >= 15 is 0 Å². The number of rotatable bonds is 4. The Kier molecular flexibility index (Phi) is 5.03. The van der Waals surface area contributed by atoms with Gasteiger partial charge in [0.05, 0.1) is 0 Å². The van der Waals surface area contributed by atoms with Gasteiger partial charge in [-0.15, -0.1) is 0 Å². The molecule has 1 amide bonds. The fraction of sp³-hybridized carbons (Fsp3) is 0.812. The summed E-state index contributed by atoms with van der Waals surface area (Å²) in [6, 6.07) is 0.132. The third-order valence-corrected chi connectivity index (χ3v) is 4.82. The molecule has 0 heterocycles. The summed E-state index contributed by atoms with van der Waals surface area (Å²) in [5.74, 6) is 2.19. The summed E-state index contributed by atoms with van der Waals surface area (Å²) in [5, 5.41) is 12.2. The van der Waals surface area contributed by atoms with Crippen LogP contribution in [0.2, 0.25) is 0 Å². The second-order valence-electron chi connectivity index (χ2n) is 6.53. The molecule has 108 valence electrons. The maximum Gasteiger partial charge on any atom is 0.223 e. The predicted octanol–water partition coefficient (Wildman–Crippen LogP) is 2.50. The zero-order valence-electron chi connectivity index (χ0n) is 12.1. The topological polar surface area (TPSA) is 49.3 Å². The van der Waals surface area contributed by atoms with E-state index in [-0.39, 0.29) is 30.4 Å². The lowest BCUT2D eigenvalue weighted by atomic mass is 9.76. The quantitative estimate of drug-likeness (QED) is 0.767. The van der Waals surface area contributed by atoms with E-state index in [2.05, 4.69) is 19.2 Å². The summed E-state index contributed by atoms with van der Waals surface area (Å²) in [4.78, 5) is 12.2. The minimum absolute atomic E-state index is 0.132. The molecular weight excluding hydrogens is 238 g/mol. The van der Waals surface area contributed by atoms with Crippen LogP contribution >= 0.6 is 0 Å². The van der Waals surface area contributed by atoms with E-state index in [4.69, 9.17) is 5.11 Å². The average molecular weight is 265 g/mol. The van der Waals surface area contributed by atoms with Crippen LogP contribution in [0.1, 0.15) is 46.0 Å². The lowest BCUT2D eigenvalue weighted by molar-refractivity contribution is -0.126. The average Bonchev–Trinajstić information content (AvgIpc) is 2.86. The zero-order chi connectivity index (χ0) is 13.8. The number of nitrogens with one attached hydrogen (secondary N) is 1. The van der Waals surface area contributed by atoms with Crippen molar-refractivity contribution in [1.29, 1.82) is 0 Å². The molecule has 19 heavy (non-hydrogen) atoms. The Morgan fingerprint density at radius 2 is 1.95 bits per heavy atom. The van der Waals surface area contributed by atoms with Crippen LogP contribution in [-0.4, -0.2) is 23.7 Å². The van der Waals surface area contributed by atoms with E-state index in [1.54, 1.807) is 0 Å². The Labute approximate surface area is 116 Å². The van der Waals surface area contributed by atoms with Crippen LogP contribution in [0.15, 0.2) is 12.2 Å². The summed E-state index contributed by atoms with van der Waals surface area (Å²) >= 11 is 0. The molecule has 2 aliphatic carbocycles. The highest BCUT2D eigenvalue weighted by Gasteiger charge is 2.29. The third kappa shape index (κ3) is 3.82. The van der Waals surface area contributed by atoms with Crippen LogP contribution in [0, 0.1) is 23.7 Å². The van der Waals surface area contributed by atoms with Crippen LogP contribution in [-0.2, 0) is 4.79 Å². The van der Waals surface area contributed by atoms with Gasteiger partial charge in [0.25, 0.3) is 0 Å². The number of aliphatic hydroxyl groups is 1. The minimum Gasteiger partial charge on any atom is -0.396 e. The lowest BCUT2D eigenvalue weighted by Crippen LogP contribution is -2.39. The first-order chi connectivity index (χ1) is 9.10. The molecule has 2 aliphatic rings. The Morgan fingerprint density at radius 1 is 1.26 bits per heavy atom. The van der Waals surface area contributed by atoms with Crippen molar-refractivity contribution in [3.63, 3.8) is 0 Å². The Bertz CT molecular complexity index is 330. The minimum atomic E-state index is 0.132. The van der Waals surface area contributed by atoms with Gasteiger partial charge in [0.1, 0.15) is 0 Å². The fourth-order valence-electron chi connectivity index (χ4n) is 3.37. The molecule has 0 bridgehead atoms. The Morgan fingerprint density at radius 3 is 2.47 bits per heavy atom. The molecule has 2 rings (SSSR count). The van der Waals surface area contributed by atoms with Gasteiger partial charge in [-0.25, -0.2) is 0 Å². The van der Waals surface area contributed by atoms with Crippen molar-refractivity contribution in [2.24, 2.45) is 23.7 Å². The van der Waals surface area contributed by atoms with E-state index in [0.29, 0.717) is 0 Å². The van der Waals surface area contributed by atoms with Gasteiger partial charge in [-0.1, -0.05) is 26.0 Å². The molecule has 0 aromatic rings. The van der Waals surface area contributed by atoms with E-state index in [9.17, 15) is 4.79 Å². The van der Waals surface area contributed by atoms with Crippen LogP contribution < -0.4 is 5.32 Å². The molecule has 3 nitrogen and oxygen atoms in total. The molecule has 0 saturated heterocycles. The fourth-order valence-corrected chi connectivity index (χ4v) is 3.37. The van der Waals surface area contributed by atoms with Gasteiger partial charge in [0.15, 0.2) is 0 Å². The summed E-state index contributed by atoms with van der Waals surface area (Å²) in [6.45, 7) is 4.75. The second-order valence-corrected chi connectivity index (χ2v) is 6.53.